The minimum Gasteiger partial charge on any atom is -0.444 e. The Morgan fingerprint density at radius 3 is 2.13 bits per heavy atom. The molecule has 23 heavy (non-hydrogen) atoms. The van der Waals surface area contributed by atoms with Crippen molar-refractivity contribution < 1.29 is 14.3 Å². The van der Waals surface area contributed by atoms with Crippen molar-refractivity contribution in [3.05, 3.63) is 0 Å². The predicted molar refractivity (Wildman–Crippen MR) is 91.0 cm³/mol. The Kier molecular flexibility index (Phi) is 6.86. The van der Waals surface area contributed by atoms with Crippen LogP contribution in [0.5, 0.6) is 0 Å². The first kappa shape index (κ1) is 19.7. The third-order valence-corrected chi connectivity index (χ3v) is 4.02. The fourth-order valence-electron chi connectivity index (χ4n) is 2.72. The summed E-state index contributed by atoms with van der Waals surface area (Å²) in [6.45, 7) is 13.4. The van der Waals surface area contributed by atoms with Gasteiger partial charge in [-0.15, -0.1) is 0 Å². The van der Waals surface area contributed by atoms with Crippen molar-refractivity contribution in [1.29, 1.82) is 0 Å². The van der Waals surface area contributed by atoms with Crippen molar-refractivity contribution in [1.82, 2.24) is 9.80 Å². The summed E-state index contributed by atoms with van der Waals surface area (Å²) in [5, 5.41) is 0. The molecule has 6 nitrogen and oxygen atoms in total. The van der Waals surface area contributed by atoms with Gasteiger partial charge in [-0.25, -0.2) is 4.79 Å². The topological polar surface area (TPSA) is 75.9 Å². The van der Waals surface area contributed by atoms with Gasteiger partial charge >= 0.3 is 6.09 Å². The van der Waals surface area contributed by atoms with E-state index in [2.05, 4.69) is 0 Å². The van der Waals surface area contributed by atoms with Crippen LogP contribution in [-0.2, 0) is 9.53 Å². The predicted octanol–water partition coefficient (Wildman–Crippen LogP) is 2.22. The van der Waals surface area contributed by atoms with Gasteiger partial charge in [0.1, 0.15) is 5.60 Å². The zero-order chi connectivity index (χ0) is 17.8. The molecule has 1 rings (SSSR count). The molecule has 0 aromatic carbocycles. The van der Waals surface area contributed by atoms with Crippen molar-refractivity contribution in [2.75, 3.05) is 19.6 Å². The molecule has 2 N–H and O–H groups in total. The van der Waals surface area contributed by atoms with Gasteiger partial charge in [-0.2, -0.15) is 0 Å². The number of likely N-dealkylation sites (tertiary alicyclic amines) is 1. The maximum atomic E-state index is 12.2. The molecule has 0 spiro atoms. The molecule has 1 saturated heterocycles. The highest BCUT2D eigenvalue weighted by Crippen LogP contribution is 2.21. The molecule has 1 aliphatic heterocycles. The van der Waals surface area contributed by atoms with Crippen molar-refractivity contribution in [3.8, 4) is 0 Å². The van der Waals surface area contributed by atoms with Crippen molar-refractivity contribution in [2.24, 2.45) is 11.7 Å². The standard InChI is InChI=1S/C17H33N3O3/c1-12(2)20(15(21)13(3)18)11-14-7-9-19(10-8-14)16(22)23-17(4,5)6/h12-14H,7-11,18H2,1-6H3/t13-/m0/s1. The summed E-state index contributed by atoms with van der Waals surface area (Å²) in [5.41, 5.74) is 5.27. The van der Waals surface area contributed by atoms with Crippen LogP contribution in [0.3, 0.4) is 0 Å². The van der Waals surface area contributed by atoms with Gasteiger partial charge in [0.2, 0.25) is 5.91 Å². The maximum Gasteiger partial charge on any atom is 0.410 e. The smallest absolute Gasteiger partial charge is 0.410 e. The molecule has 2 amide bonds. The summed E-state index contributed by atoms with van der Waals surface area (Å²) in [6.07, 6.45) is 1.52. The van der Waals surface area contributed by atoms with Crippen LogP contribution < -0.4 is 5.73 Å². The van der Waals surface area contributed by atoms with E-state index in [0.29, 0.717) is 25.6 Å². The molecule has 1 aliphatic rings. The number of amides is 2. The lowest BCUT2D eigenvalue weighted by Gasteiger charge is -2.37. The fourth-order valence-corrected chi connectivity index (χ4v) is 2.72. The number of rotatable bonds is 4. The average molecular weight is 327 g/mol. The van der Waals surface area contributed by atoms with Crippen LogP contribution in [0.1, 0.15) is 54.4 Å². The number of piperidine rings is 1. The minimum atomic E-state index is -0.473. The number of carbonyl (C=O) groups is 2. The van der Waals surface area contributed by atoms with E-state index in [-0.39, 0.29) is 18.0 Å². The molecule has 134 valence electrons. The van der Waals surface area contributed by atoms with Crippen LogP contribution in [-0.4, -0.2) is 59.1 Å². The number of nitrogens with two attached hydrogens (primary N) is 1. The molecule has 0 aliphatic carbocycles. The van der Waals surface area contributed by atoms with E-state index in [1.807, 2.05) is 39.5 Å². The first-order chi connectivity index (χ1) is 10.5. The SMILES string of the molecule is CC(C)N(CC1CCN(C(=O)OC(C)(C)C)CC1)C(=O)[C@H](C)N. The van der Waals surface area contributed by atoms with Crippen LogP contribution in [0.4, 0.5) is 4.79 Å². The highest BCUT2D eigenvalue weighted by atomic mass is 16.6. The second-order valence-electron chi connectivity index (χ2n) is 7.78. The molecule has 0 unspecified atom stereocenters. The van der Waals surface area contributed by atoms with Crippen molar-refractivity contribution >= 4 is 12.0 Å². The molecule has 1 fully saturated rings. The summed E-state index contributed by atoms with van der Waals surface area (Å²) < 4.78 is 5.41. The largest absolute Gasteiger partial charge is 0.444 e. The van der Waals surface area contributed by atoms with Gasteiger partial charge in [0.15, 0.2) is 0 Å². The summed E-state index contributed by atoms with van der Waals surface area (Å²) in [4.78, 5) is 27.9. The lowest BCUT2D eigenvalue weighted by Crippen LogP contribution is -2.49. The zero-order valence-electron chi connectivity index (χ0n) is 15.5. The van der Waals surface area contributed by atoms with Crippen LogP contribution >= 0.6 is 0 Å². The molecule has 0 aromatic heterocycles. The van der Waals surface area contributed by atoms with Gasteiger partial charge in [-0.1, -0.05) is 0 Å². The molecular weight excluding hydrogens is 294 g/mol. The lowest BCUT2D eigenvalue weighted by molar-refractivity contribution is -0.134. The number of nitrogens with zero attached hydrogens (tertiary/aromatic N) is 2. The van der Waals surface area contributed by atoms with Crippen molar-refractivity contribution in [3.63, 3.8) is 0 Å². The van der Waals surface area contributed by atoms with Gasteiger partial charge in [0, 0.05) is 25.7 Å². The number of hydrogen-bond acceptors (Lipinski definition) is 4. The summed E-state index contributed by atoms with van der Waals surface area (Å²) in [5.74, 6) is 0.397. The number of carbonyl (C=O) groups excluding carboxylic acids is 2. The quantitative estimate of drug-likeness (QED) is 0.859. The molecule has 0 radical (unpaired) electrons. The van der Waals surface area contributed by atoms with Gasteiger partial charge in [0.05, 0.1) is 6.04 Å². The zero-order valence-corrected chi connectivity index (χ0v) is 15.5. The van der Waals surface area contributed by atoms with E-state index in [4.69, 9.17) is 10.5 Å². The molecular formula is C17H33N3O3. The Labute approximate surface area is 140 Å². The van der Waals surface area contributed by atoms with E-state index in [1.165, 1.54) is 0 Å². The molecule has 0 aromatic rings. The molecule has 1 heterocycles. The minimum absolute atomic E-state index is 0.00503. The van der Waals surface area contributed by atoms with E-state index >= 15 is 0 Å². The Bertz CT molecular complexity index is 408. The fraction of sp³-hybridized carbons (Fsp3) is 0.882. The highest BCUT2D eigenvalue weighted by Gasteiger charge is 2.29. The Morgan fingerprint density at radius 2 is 1.74 bits per heavy atom. The van der Waals surface area contributed by atoms with Gasteiger partial charge in [-0.05, 0) is 60.3 Å². The third-order valence-electron chi connectivity index (χ3n) is 4.02. The Balaban J connectivity index is 2.52. The van der Waals surface area contributed by atoms with Crippen LogP contribution in [0.25, 0.3) is 0 Å². The second-order valence-corrected chi connectivity index (χ2v) is 7.78. The van der Waals surface area contributed by atoms with Crippen molar-refractivity contribution in [2.45, 2.75) is 72.1 Å². The Morgan fingerprint density at radius 1 is 1.22 bits per heavy atom. The highest BCUT2D eigenvalue weighted by molar-refractivity contribution is 5.81. The molecule has 0 bridgehead atoms. The molecule has 6 heteroatoms. The second kappa shape index (κ2) is 7.99. The van der Waals surface area contributed by atoms with Gasteiger partial charge in [0.25, 0.3) is 0 Å². The van der Waals surface area contributed by atoms with Crippen LogP contribution in [0.2, 0.25) is 0 Å². The van der Waals surface area contributed by atoms with E-state index in [1.54, 1.807) is 11.8 Å². The number of hydrogen-bond donors (Lipinski definition) is 1. The number of ether oxygens (including phenoxy) is 1. The third kappa shape index (κ3) is 6.37. The monoisotopic (exact) mass is 327 g/mol. The van der Waals surface area contributed by atoms with Gasteiger partial charge in [-0.3, -0.25) is 4.79 Å². The van der Waals surface area contributed by atoms with Crippen LogP contribution in [0, 0.1) is 5.92 Å². The summed E-state index contributed by atoms with van der Waals surface area (Å²) in [6, 6.07) is -0.336. The van der Waals surface area contributed by atoms with Crippen LogP contribution in [0.15, 0.2) is 0 Å². The van der Waals surface area contributed by atoms with E-state index < -0.39 is 11.6 Å². The summed E-state index contributed by atoms with van der Waals surface area (Å²) >= 11 is 0. The van der Waals surface area contributed by atoms with E-state index in [0.717, 1.165) is 12.8 Å². The first-order valence-electron chi connectivity index (χ1n) is 8.55. The normalized spacial score (nSPS) is 18.0. The molecule has 0 saturated carbocycles. The Hall–Kier alpha value is -1.30. The van der Waals surface area contributed by atoms with E-state index in [9.17, 15) is 9.59 Å². The lowest BCUT2D eigenvalue weighted by atomic mass is 9.95. The first-order valence-corrected chi connectivity index (χ1v) is 8.55. The average Bonchev–Trinajstić information content (AvgIpc) is 2.42. The summed E-state index contributed by atoms with van der Waals surface area (Å²) in [7, 11) is 0. The molecule has 1 atom stereocenters. The maximum absolute atomic E-state index is 12.2. The van der Waals surface area contributed by atoms with Gasteiger partial charge < -0.3 is 20.3 Å².